The molecule has 0 radical (unpaired) electrons. The van der Waals surface area contributed by atoms with Crippen LogP contribution in [0.2, 0.25) is 5.02 Å². The predicted molar refractivity (Wildman–Crippen MR) is 105 cm³/mol. The fraction of sp³-hybridized carbons (Fsp3) is 0.211. The third-order valence-corrected chi connectivity index (χ3v) is 4.82. The van der Waals surface area contributed by atoms with Gasteiger partial charge in [0.15, 0.2) is 6.61 Å². The van der Waals surface area contributed by atoms with Crippen molar-refractivity contribution in [3.8, 4) is 5.75 Å². The molecular weight excluding hydrogens is 390 g/mol. The van der Waals surface area contributed by atoms with Gasteiger partial charge in [0.25, 0.3) is 5.91 Å². The van der Waals surface area contributed by atoms with Crippen LogP contribution >= 0.6 is 23.4 Å². The Morgan fingerprint density at radius 3 is 2.56 bits per heavy atom. The lowest BCUT2D eigenvalue weighted by molar-refractivity contribution is -0.119. The highest BCUT2D eigenvalue weighted by Crippen LogP contribution is 2.27. The highest BCUT2D eigenvalue weighted by molar-refractivity contribution is 8.00. The smallest absolute Gasteiger partial charge is 0.339 e. The van der Waals surface area contributed by atoms with E-state index in [-0.39, 0.29) is 11.5 Å². The fourth-order valence-corrected chi connectivity index (χ4v) is 3.19. The molecule has 1 N–H and O–H groups in total. The lowest BCUT2D eigenvalue weighted by Gasteiger charge is -2.10. The highest BCUT2D eigenvalue weighted by atomic mass is 35.5. The van der Waals surface area contributed by atoms with Crippen molar-refractivity contribution in [2.75, 3.05) is 24.8 Å². The minimum atomic E-state index is -0.635. The van der Waals surface area contributed by atoms with Gasteiger partial charge in [-0.3, -0.25) is 9.59 Å². The van der Waals surface area contributed by atoms with Gasteiger partial charge >= 0.3 is 5.97 Å². The van der Waals surface area contributed by atoms with Crippen LogP contribution in [0.5, 0.6) is 5.75 Å². The number of ether oxygens (including phenoxy) is 2. The number of ketones is 1. The first-order valence-electron chi connectivity index (χ1n) is 7.92. The molecule has 0 aliphatic heterocycles. The quantitative estimate of drug-likeness (QED) is 0.529. The molecule has 142 valence electrons. The van der Waals surface area contributed by atoms with E-state index in [0.29, 0.717) is 26.9 Å². The second-order valence-electron chi connectivity index (χ2n) is 5.46. The normalized spacial score (nSPS) is 10.2. The summed E-state index contributed by atoms with van der Waals surface area (Å²) in [6.45, 7) is 1.03. The Morgan fingerprint density at radius 1 is 1.15 bits per heavy atom. The second kappa shape index (κ2) is 9.99. The molecule has 0 heterocycles. The van der Waals surface area contributed by atoms with Crippen molar-refractivity contribution >= 4 is 46.7 Å². The number of nitrogens with one attached hydrogen (secondary N) is 1. The first-order valence-corrected chi connectivity index (χ1v) is 9.29. The van der Waals surface area contributed by atoms with Gasteiger partial charge in [-0.05, 0) is 37.3 Å². The first-order chi connectivity index (χ1) is 12.9. The number of carbonyl (C=O) groups is 3. The van der Waals surface area contributed by atoms with Crippen LogP contribution in [-0.4, -0.2) is 37.1 Å². The highest BCUT2D eigenvalue weighted by Gasteiger charge is 2.15. The van der Waals surface area contributed by atoms with Crippen molar-refractivity contribution in [3.63, 3.8) is 0 Å². The van der Waals surface area contributed by atoms with E-state index < -0.39 is 18.5 Å². The molecule has 2 rings (SSSR count). The number of hydrogen-bond donors (Lipinski definition) is 1. The number of halogens is 1. The van der Waals surface area contributed by atoms with Crippen LogP contribution in [0, 0.1) is 0 Å². The van der Waals surface area contributed by atoms with Crippen molar-refractivity contribution in [3.05, 3.63) is 53.1 Å². The van der Waals surface area contributed by atoms with E-state index in [9.17, 15) is 14.4 Å². The van der Waals surface area contributed by atoms with E-state index in [2.05, 4.69) is 5.32 Å². The number of benzene rings is 2. The topological polar surface area (TPSA) is 81.7 Å². The Kier molecular flexibility index (Phi) is 7.69. The van der Waals surface area contributed by atoms with Crippen molar-refractivity contribution in [2.45, 2.75) is 11.8 Å². The third kappa shape index (κ3) is 6.30. The van der Waals surface area contributed by atoms with Crippen LogP contribution < -0.4 is 10.1 Å². The number of amides is 1. The first kappa shape index (κ1) is 20.8. The summed E-state index contributed by atoms with van der Waals surface area (Å²) >= 11 is 7.25. The van der Waals surface area contributed by atoms with Crippen molar-refractivity contribution < 1.29 is 23.9 Å². The molecule has 0 atom stereocenters. The van der Waals surface area contributed by atoms with E-state index in [1.807, 2.05) is 0 Å². The molecule has 0 saturated heterocycles. The lowest BCUT2D eigenvalue weighted by Crippen LogP contribution is -2.21. The molecule has 0 aliphatic carbocycles. The van der Waals surface area contributed by atoms with Gasteiger partial charge in [-0.2, -0.15) is 0 Å². The van der Waals surface area contributed by atoms with Crippen molar-refractivity contribution in [2.24, 2.45) is 0 Å². The average Bonchev–Trinajstić information content (AvgIpc) is 2.65. The third-order valence-electron chi connectivity index (χ3n) is 3.31. The van der Waals surface area contributed by atoms with Gasteiger partial charge in [0, 0.05) is 10.6 Å². The number of esters is 1. The van der Waals surface area contributed by atoms with E-state index in [1.165, 1.54) is 31.9 Å². The Hall–Kier alpha value is -2.51. The molecule has 27 heavy (non-hydrogen) atoms. The lowest BCUT2D eigenvalue weighted by atomic mass is 10.2. The summed E-state index contributed by atoms with van der Waals surface area (Å²) in [7, 11) is 1.49. The maximum absolute atomic E-state index is 12.3. The maximum atomic E-state index is 12.3. The summed E-state index contributed by atoms with van der Waals surface area (Å²) in [4.78, 5) is 36.0. The second-order valence-corrected chi connectivity index (χ2v) is 6.88. The number of anilines is 1. The number of thioether (sulfide) groups is 1. The number of methoxy groups -OCH3 is 1. The minimum absolute atomic E-state index is 0.000649. The summed E-state index contributed by atoms with van der Waals surface area (Å²) in [5, 5.41) is 2.94. The predicted octanol–water partition coefficient (Wildman–Crippen LogP) is 3.83. The Bertz CT molecular complexity index is 856. The van der Waals surface area contributed by atoms with E-state index in [1.54, 1.807) is 36.4 Å². The number of hydrogen-bond acceptors (Lipinski definition) is 6. The number of Topliss-reactive ketones (excluding diaryl/α,β-unsaturated/α-hetero) is 1. The molecule has 0 fully saturated rings. The van der Waals surface area contributed by atoms with Crippen LogP contribution in [0.25, 0.3) is 0 Å². The Labute approximate surface area is 166 Å². The molecule has 2 aromatic carbocycles. The fourth-order valence-electron chi connectivity index (χ4n) is 2.09. The molecule has 0 bridgehead atoms. The molecule has 2 aromatic rings. The van der Waals surface area contributed by atoms with E-state index >= 15 is 0 Å². The number of rotatable bonds is 8. The summed E-state index contributed by atoms with van der Waals surface area (Å²) in [5.41, 5.74) is 0.767. The monoisotopic (exact) mass is 407 g/mol. The molecule has 1 amide bonds. The standard InChI is InChI=1S/C19H18ClNO5S/c1-12(22)11-27-17-6-4-3-5-14(17)19(24)26-10-18(23)21-13-7-8-16(25-2)15(20)9-13/h3-9H,10-11H2,1-2H3,(H,21,23). The SMILES string of the molecule is COc1ccc(NC(=O)COC(=O)c2ccccc2SCC(C)=O)cc1Cl. The van der Waals surface area contributed by atoms with Crippen LogP contribution in [0.4, 0.5) is 5.69 Å². The zero-order chi connectivity index (χ0) is 19.8. The molecular formula is C19H18ClNO5S. The van der Waals surface area contributed by atoms with E-state index in [0.717, 1.165) is 0 Å². The zero-order valence-electron chi connectivity index (χ0n) is 14.8. The van der Waals surface area contributed by atoms with Crippen molar-refractivity contribution in [1.82, 2.24) is 0 Å². The summed E-state index contributed by atoms with van der Waals surface area (Å²) in [6.07, 6.45) is 0. The van der Waals surface area contributed by atoms with Crippen LogP contribution in [0.15, 0.2) is 47.4 Å². The van der Waals surface area contributed by atoms with Gasteiger partial charge in [-0.25, -0.2) is 4.79 Å². The van der Waals surface area contributed by atoms with Crippen LogP contribution in [0.3, 0.4) is 0 Å². The van der Waals surface area contributed by atoms with Crippen LogP contribution in [-0.2, 0) is 14.3 Å². The zero-order valence-corrected chi connectivity index (χ0v) is 16.4. The molecule has 0 unspecified atom stereocenters. The van der Waals surface area contributed by atoms with Gasteiger partial charge < -0.3 is 14.8 Å². The van der Waals surface area contributed by atoms with Gasteiger partial charge in [0.2, 0.25) is 0 Å². The summed E-state index contributed by atoms with van der Waals surface area (Å²) < 4.78 is 10.1. The van der Waals surface area contributed by atoms with Crippen molar-refractivity contribution in [1.29, 1.82) is 0 Å². The van der Waals surface area contributed by atoms with Gasteiger partial charge in [0.05, 0.1) is 23.4 Å². The molecule has 0 aromatic heterocycles. The van der Waals surface area contributed by atoms with Gasteiger partial charge in [0.1, 0.15) is 11.5 Å². The molecule has 6 nitrogen and oxygen atoms in total. The average molecular weight is 408 g/mol. The van der Waals surface area contributed by atoms with Gasteiger partial charge in [-0.15, -0.1) is 11.8 Å². The Morgan fingerprint density at radius 2 is 1.89 bits per heavy atom. The molecule has 0 saturated carbocycles. The number of carbonyl (C=O) groups excluding carboxylic acids is 3. The van der Waals surface area contributed by atoms with Crippen LogP contribution in [0.1, 0.15) is 17.3 Å². The maximum Gasteiger partial charge on any atom is 0.339 e. The molecule has 8 heteroatoms. The largest absolute Gasteiger partial charge is 0.495 e. The minimum Gasteiger partial charge on any atom is -0.495 e. The molecule has 0 spiro atoms. The summed E-state index contributed by atoms with van der Waals surface area (Å²) in [5.74, 6) is -0.396. The summed E-state index contributed by atoms with van der Waals surface area (Å²) in [6, 6.07) is 11.5. The Balaban J connectivity index is 1.94. The van der Waals surface area contributed by atoms with E-state index in [4.69, 9.17) is 21.1 Å². The molecule has 0 aliphatic rings. The van der Waals surface area contributed by atoms with Gasteiger partial charge in [-0.1, -0.05) is 23.7 Å².